The number of nitrogens with zero attached hydrogens (tertiary/aromatic N) is 2. The lowest BCUT2D eigenvalue weighted by atomic mass is 9.87. The molecular weight excluding hydrogens is 434 g/mol. The van der Waals surface area contributed by atoms with E-state index in [4.69, 9.17) is 21.0 Å². The molecule has 1 atom stereocenters. The number of carbonyl (C=O) groups excluding carboxylic acids is 1. The van der Waals surface area contributed by atoms with Crippen molar-refractivity contribution in [1.29, 1.82) is 0 Å². The minimum absolute atomic E-state index is 0.0794. The van der Waals surface area contributed by atoms with E-state index in [1.165, 1.54) is 11.1 Å². The van der Waals surface area contributed by atoms with Crippen molar-refractivity contribution in [2.24, 2.45) is 5.92 Å². The number of likely N-dealkylation sites (tertiary alicyclic amines) is 1. The van der Waals surface area contributed by atoms with Crippen LogP contribution < -0.4 is 5.32 Å². The second kappa shape index (κ2) is 9.70. The summed E-state index contributed by atoms with van der Waals surface area (Å²) < 4.78 is 5.91. The van der Waals surface area contributed by atoms with Crippen LogP contribution in [0.2, 0.25) is 5.02 Å². The number of benzene rings is 2. The molecule has 1 N–H and O–H groups in total. The van der Waals surface area contributed by atoms with E-state index in [0.29, 0.717) is 10.9 Å². The minimum Gasteiger partial charge on any atom is -0.441 e. The highest BCUT2D eigenvalue weighted by molar-refractivity contribution is 6.30. The molecule has 1 amide bonds. The quantitative estimate of drug-likeness (QED) is 0.526. The molecule has 2 heterocycles. The molecule has 1 aliphatic heterocycles. The van der Waals surface area contributed by atoms with Gasteiger partial charge < -0.3 is 9.73 Å². The third-order valence-corrected chi connectivity index (χ3v) is 7.22. The molecule has 0 saturated carbocycles. The van der Waals surface area contributed by atoms with Gasteiger partial charge in [-0.2, -0.15) is 0 Å². The number of aryl methyl sites for hydroxylation is 2. The Hall–Kier alpha value is -2.63. The molecule has 2 aliphatic rings. The minimum atomic E-state index is 0.0794. The summed E-state index contributed by atoms with van der Waals surface area (Å²) in [7, 11) is 0. The van der Waals surface area contributed by atoms with Crippen molar-refractivity contribution in [3.63, 3.8) is 0 Å². The fourth-order valence-corrected chi connectivity index (χ4v) is 5.27. The van der Waals surface area contributed by atoms with Crippen molar-refractivity contribution in [2.75, 3.05) is 13.1 Å². The Labute approximate surface area is 200 Å². The van der Waals surface area contributed by atoms with Crippen LogP contribution in [0.1, 0.15) is 54.3 Å². The smallest absolute Gasteiger partial charge is 0.226 e. The van der Waals surface area contributed by atoms with E-state index in [-0.39, 0.29) is 17.9 Å². The molecule has 2 aromatic carbocycles. The number of carbonyl (C=O) groups is 1. The first-order valence-electron chi connectivity index (χ1n) is 11.9. The maximum atomic E-state index is 13.0. The van der Waals surface area contributed by atoms with Crippen LogP contribution in [0.15, 0.2) is 52.9 Å². The summed E-state index contributed by atoms with van der Waals surface area (Å²) >= 11 is 6.11. The van der Waals surface area contributed by atoms with E-state index in [1.807, 2.05) is 31.2 Å². The van der Waals surface area contributed by atoms with Crippen LogP contribution in [0, 0.1) is 12.8 Å². The first-order valence-corrected chi connectivity index (χ1v) is 12.3. The molecule has 5 rings (SSSR count). The molecule has 0 bridgehead atoms. The van der Waals surface area contributed by atoms with Gasteiger partial charge in [0.05, 0.1) is 11.7 Å². The van der Waals surface area contributed by atoms with Gasteiger partial charge in [-0.3, -0.25) is 9.69 Å². The zero-order valence-corrected chi connectivity index (χ0v) is 19.8. The highest BCUT2D eigenvalue weighted by Crippen LogP contribution is 2.31. The molecule has 1 saturated heterocycles. The molecule has 5 nitrogen and oxygen atoms in total. The van der Waals surface area contributed by atoms with Gasteiger partial charge in [-0.15, -0.1) is 0 Å². The van der Waals surface area contributed by atoms with E-state index in [2.05, 4.69) is 34.5 Å². The summed E-state index contributed by atoms with van der Waals surface area (Å²) in [6.07, 6.45) is 5.02. The van der Waals surface area contributed by atoms with Crippen LogP contribution in [0.25, 0.3) is 11.5 Å². The highest BCUT2D eigenvalue weighted by Gasteiger charge is 2.29. The SMILES string of the molecule is Cc1oc(-c2cccc(Cl)c2)nc1CN1CCC(C(=O)N[C@H]2CCCc3ccccc32)CC1. The monoisotopic (exact) mass is 463 g/mol. The zero-order valence-electron chi connectivity index (χ0n) is 19.0. The van der Waals surface area contributed by atoms with Crippen LogP contribution in [-0.4, -0.2) is 28.9 Å². The third kappa shape index (κ3) is 4.99. The fourth-order valence-electron chi connectivity index (χ4n) is 5.08. The molecule has 6 heteroatoms. The number of oxazole rings is 1. The predicted molar refractivity (Wildman–Crippen MR) is 130 cm³/mol. The normalized spacial score (nSPS) is 19.3. The first-order chi connectivity index (χ1) is 16.1. The van der Waals surface area contributed by atoms with Crippen LogP contribution in [0.3, 0.4) is 0 Å². The maximum Gasteiger partial charge on any atom is 0.226 e. The molecule has 0 spiro atoms. The van der Waals surface area contributed by atoms with E-state index in [0.717, 1.165) is 68.8 Å². The second-order valence-corrected chi connectivity index (χ2v) is 9.67. The third-order valence-electron chi connectivity index (χ3n) is 6.98. The van der Waals surface area contributed by atoms with Crippen LogP contribution in [0.4, 0.5) is 0 Å². The predicted octanol–water partition coefficient (Wildman–Crippen LogP) is 5.71. The van der Waals surface area contributed by atoms with Gasteiger partial charge >= 0.3 is 0 Å². The molecule has 33 heavy (non-hydrogen) atoms. The fraction of sp³-hybridized carbons (Fsp3) is 0.407. The van der Waals surface area contributed by atoms with Crippen molar-refractivity contribution in [3.05, 3.63) is 76.1 Å². The molecule has 172 valence electrons. The molecule has 1 aliphatic carbocycles. The summed E-state index contributed by atoms with van der Waals surface area (Å²) in [4.78, 5) is 20.1. The number of amides is 1. The molecule has 1 aromatic heterocycles. The van der Waals surface area contributed by atoms with Crippen molar-refractivity contribution in [1.82, 2.24) is 15.2 Å². The average molecular weight is 464 g/mol. The van der Waals surface area contributed by atoms with Crippen LogP contribution >= 0.6 is 11.6 Å². The standard InChI is InChI=1S/C27H30ClN3O2/c1-18-25(30-27(33-18)21-8-4-9-22(28)16-21)17-31-14-12-20(13-15-31)26(32)29-24-11-5-7-19-6-2-3-10-23(19)24/h2-4,6,8-10,16,20,24H,5,7,11-15,17H2,1H3,(H,29,32)/t24-/m0/s1. The van der Waals surface area contributed by atoms with E-state index < -0.39 is 0 Å². The maximum absolute atomic E-state index is 13.0. The number of rotatable bonds is 5. The van der Waals surface area contributed by atoms with Gasteiger partial charge in [0.2, 0.25) is 11.8 Å². The van der Waals surface area contributed by atoms with Gasteiger partial charge in [0.1, 0.15) is 5.76 Å². The van der Waals surface area contributed by atoms with Crippen LogP contribution in [0.5, 0.6) is 0 Å². The van der Waals surface area contributed by atoms with E-state index in [1.54, 1.807) is 0 Å². The van der Waals surface area contributed by atoms with Gasteiger partial charge in [0.15, 0.2) is 0 Å². The van der Waals surface area contributed by atoms with Gasteiger partial charge in [0, 0.05) is 23.0 Å². The average Bonchev–Trinajstić information content (AvgIpc) is 3.20. The number of hydrogen-bond acceptors (Lipinski definition) is 4. The zero-order chi connectivity index (χ0) is 22.8. The first kappa shape index (κ1) is 22.2. The number of halogens is 1. The lowest BCUT2D eigenvalue weighted by molar-refractivity contribution is -0.127. The second-order valence-electron chi connectivity index (χ2n) is 9.23. The Kier molecular flexibility index (Phi) is 6.52. The van der Waals surface area contributed by atoms with Crippen molar-refractivity contribution in [3.8, 4) is 11.5 Å². The van der Waals surface area contributed by atoms with Crippen molar-refractivity contribution in [2.45, 2.75) is 51.6 Å². The molecule has 0 unspecified atom stereocenters. The van der Waals surface area contributed by atoms with E-state index >= 15 is 0 Å². The Morgan fingerprint density at radius 3 is 2.79 bits per heavy atom. The Balaban J connectivity index is 1.16. The lowest BCUT2D eigenvalue weighted by Crippen LogP contribution is -2.42. The van der Waals surface area contributed by atoms with Crippen LogP contribution in [-0.2, 0) is 17.8 Å². The largest absolute Gasteiger partial charge is 0.441 e. The number of aromatic nitrogens is 1. The molecule has 3 aromatic rings. The highest BCUT2D eigenvalue weighted by atomic mass is 35.5. The van der Waals surface area contributed by atoms with E-state index in [9.17, 15) is 4.79 Å². The number of fused-ring (bicyclic) bond motifs is 1. The summed E-state index contributed by atoms with van der Waals surface area (Å²) in [6.45, 7) is 4.47. The Morgan fingerprint density at radius 1 is 1.15 bits per heavy atom. The number of hydrogen-bond donors (Lipinski definition) is 1. The van der Waals surface area contributed by atoms with Crippen molar-refractivity contribution < 1.29 is 9.21 Å². The summed E-state index contributed by atoms with van der Waals surface area (Å²) in [5.41, 5.74) is 4.51. The number of nitrogens with one attached hydrogen (secondary N) is 1. The lowest BCUT2D eigenvalue weighted by Gasteiger charge is -2.33. The Morgan fingerprint density at radius 2 is 1.97 bits per heavy atom. The Bertz CT molecular complexity index is 1130. The molecule has 0 radical (unpaired) electrons. The molecule has 1 fully saturated rings. The van der Waals surface area contributed by atoms with Gasteiger partial charge in [0.25, 0.3) is 0 Å². The van der Waals surface area contributed by atoms with Crippen molar-refractivity contribution >= 4 is 17.5 Å². The summed E-state index contributed by atoms with van der Waals surface area (Å²) in [5, 5.41) is 4.02. The van der Waals surface area contributed by atoms with Gasteiger partial charge in [-0.1, -0.05) is 41.9 Å². The topological polar surface area (TPSA) is 58.4 Å². The molecular formula is C27H30ClN3O2. The van der Waals surface area contributed by atoms with Gasteiger partial charge in [-0.05, 0) is 81.4 Å². The summed E-state index contributed by atoms with van der Waals surface area (Å²) in [5.74, 6) is 1.72. The number of piperidine rings is 1. The summed E-state index contributed by atoms with van der Waals surface area (Å²) in [6, 6.07) is 16.2. The van der Waals surface area contributed by atoms with Gasteiger partial charge in [-0.25, -0.2) is 4.98 Å².